The summed E-state index contributed by atoms with van der Waals surface area (Å²) in [6.45, 7) is 5.21. The maximum absolute atomic E-state index is 5.50. The summed E-state index contributed by atoms with van der Waals surface area (Å²) < 4.78 is 8.75. The van der Waals surface area contributed by atoms with Crippen molar-refractivity contribution in [2.75, 3.05) is 31.2 Å². The van der Waals surface area contributed by atoms with E-state index < -0.39 is 0 Å². The van der Waals surface area contributed by atoms with E-state index in [1.165, 1.54) is 11.1 Å². The number of hydrogen-bond acceptors (Lipinski definition) is 5. The zero-order chi connectivity index (χ0) is 18.6. The highest BCUT2D eigenvalue weighted by Gasteiger charge is 2.21. The van der Waals surface area contributed by atoms with Gasteiger partial charge in [-0.25, -0.2) is 0 Å². The molecule has 27 heavy (non-hydrogen) atoms. The molecule has 0 bridgehead atoms. The predicted molar refractivity (Wildman–Crippen MR) is 113 cm³/mol. The summed E-state index contributed by atoms with van der Waals surface area (Å²) in [7, 11) is 0. The lowest BCUT2D eigenvalue weighted by Crippen LogP contribution is -2.37. The van der Waals surface area contributed by atoms with E-state index in [0.717, 1.165) is 53.3 Å². The molecule has 0 spiro atoms. The Bertz CT molecular complexity index is 907. The van der Waals surface area contributed by atoms with Crippen molar-refractivity contribution in [3.05, 3.63) is 64.1 Å². The van der Waals surface area contributed by atoms with E-state index in [4.69, 9.17) is 4.74 Å². The summed E-state index contributed by atoms with van der Waals surface area (Å²) in [5.74, 6) is 1.73. The molecule has 0 aliphatic carbocycles. The Morgan fingerprint density at radius 1 is 1.07 bits per heavy atom. The number of benzene rings is 2. The number of aromatic nitrogens is 3. The van der Waals surface area contributed by atoms with Gasteiger partial charge in [-0.3, -0.25) is 4.57 Å². The fraction of sp³-hybridized carbons (Fsp3) is 0.300. The van der Waals surface area contributed by atoms with Gasteiger partial charge in [0.1, 0.15) is 0 Å². The molecule has 1 saturated heterocycles. The van der Waals surface area contributed by atoms with E-state index in [2.05, 4.69) is 85.0 Å². The Morgan fingerprint density at radius 3 is 2.59 bits per heavy atom. The molecular weight excluding hydrogens is 424 g/mol. The monoisotopic (exact) mass is 444 g/mol. The third kappa shape index (κ3) is 4.36. The summed E-state index contributed by atoms with van der Waals surface area (Å²) in [5, 5.41) is 9.93. The van der Waals surface area contributed by atoms with Crippen LogP contribution in [0.25, 0.3) is 5.69 Å². The molecule has 0 N–H and O–H groups in total. The van der Waals surface area contributed by atoms with Crippen molar-refractivity contribution in [1.82, 2.24) is 14.8 Å². The Balaban J connectivity index is 1.65. The van der Waals surface area contributed by atoms with Gasteiger partial charge in [-0.1, -0.05) is 57.5 Å². The molecule has 0 saturated carbocycles. The summed E-state index contributed by atoms with van der Waals surface area (Å²) in [4.78, 5) is 2.25. The molecule has 0 unspecified atom stereocenters. The van der Waals surface area contributed by atoms with Gasteiger partial charge < -0.3 is 9.64 Å². The lowest BCUT2D eigenvalue weighted by atomic mass is 10.2. The fourth-order valence-electron chi connectivity index (χ4n) is 3.02. The first-order valence-electron chi connectivity index (χ1n) is 8.93. The van der Waals surface area contributed by atoms with Crippen LogP contribution in [0.5, 0.6) is 0 Å². The number of nitrogens with zero attached hydrogens (tertiary/aromatic N) is 4. The molecule has 1 aliphatic heterocycles. The molecule has 2 heterocycles. The van der Waals surface area contributed by atoms with Crippen molar-refractivity contribution in [3.63, 3.8) is 0 Å². The highest BCUT2D eigenvalue weighted by atomic mass is 79.9. The standard InChI is InChI=1S/C20H21BrN4OS/c1-15-5-7-18(8-6-15)25-19(24-9-11-26-12-10-24)22-23-20(25)27-14-16-3-2-4-17(21)13-16/h2-8,13H,9-12,14H2,1H3. The lowest BCUT2D eigenvalue weighted by Gasteiger charge is -2.28. The number of anilines is 1. The van der Waals surface area contributed by atoms with Crippen molar-refractivity contribution in [2.24, 2.45) is 0 Å². The van der Waals surface area contributed by atoms with Crippen molar-refractivity contribution >= 4 is 33.6 Å². The Labute approximate surface area is 171 Å². The van der Waals surface area contributed by atoms with Crippen molar-refractivity contribution in [1.29, 1.82) is 0 Å². The third-order valence-corrected chi connectivity index (χ3v) is 5.95. The normalized spacial score (nSPS) is 14.5. The van der Waals surface area contributed by atoms with E-state index in [-0.39, 0.29) is 0 Å². The molecule has 1 aliphatic rings. The first-order valence-corrected chi connectivity index (χ1v) is 10.7. The van der Waals surface area contributed by atoms with E-state index in [1.54, 1.807) is 11.8 Å². The first-order chi connectivity index (χ1) is 13.2. The third-order valence-electron chi connectivity index (χ3n) is 4.46. The maximum atomic E-state index is 5.50. The molecule has 2 aromatic carbocycles. The maximum Gasteiger partial charge on any atom is 0.232 e. The topological polar surface area (TPSA) is 43.2 Å². The molecular formula is C20H21BrN4OS. The number of thioether (sulfide) groups is 1. The van der Waals surface area contributed by atoms with Gasteiger partial charge in [0.05, 0.1) is 18.9 Å². The van der Waals surface area contributed by atoms with E-state index in [0.29, 0.717) is 0 Å². The van der Waals surface area contributed by atoms with Gasteiger partial charge in [0, 0.05) is 23.3 Å². The Hall–Kier alpha value is -1.83. The zero-order valence-corrected chi connectivity index (χ0v) is 17.5. The number of hydrogen-bond donors (Lipinski definition) is 0. The van der Waals surface area contributed by atoms with Crippen LogP contribution < -0.4 is 4.90 Å². The van der Waals surface area contributed by atoms with Gasteiger partial charge in [-0.15, -0.1) is 10.2 Å². The molecule has 1 fully saturated rings. The van der Waals surface area contributed by atoms with Crippen LogP contribution in [0.4, 0.5) is 5.95 Å². The minimum Gasteiger partial charge on any atom is -0.378 e. The van der Waals surface area contributed by atoms with Crippen LogP contribution in [0, 0.1) is 6.92 Å². The van der Waals surface area contributed by atoms with Crippen LogP contribution in [-0.4, -0.2) is 41.1 Å². The van der Waals surface area contributed by atoms with Crippen LogP contribution in [0.2, 0.25) is 0 Å². The van der Waals surface area contributed by atoms with Crippen molar-refractivity contribution < 1.29 is 4.74 Å². The van der Waals surface area contributed by atoms with Gasteiger partial charge in [-0.05, 0) is 36.8 Å². The van der Waals surface area contributed by atoms with Gasteiger partial charge in [0.2, 0.25) is 5.95 Å². The molecule has 7 heteroatoms. The second-order valence-electron chi connectivity index (χ2n) is 6.47. The highest BCUT2D eigenvalue weighted by molar-refractivity contribution is 9.10. The molecule has 0 amide bonds. The van der Waals surface area contributed by atoms with Gasteiger partial charge >= 0.3 is 0 Å². The van der Waals surface area contributed by atoms with Crippen LogP contribution in [0.1, 0.15) is 11.1 Å². The lowest BCUT2D eigenvalue weighted by molar-refractivity contribution is 0.122. The summed E-state index contributed by atoms with van der Waals surface area (Å²) >= 11 is 5.24. The Morgan fingerprint density at radius 2 is 1.85 bits per heavy atom. The minimum atomic E-state index is 0.723. The van der Waals surface area contributed by atoms with Gasteiger partial charge in [-0.2, -0.15) is 0 Å². The molecule has 1 aromatic heterocycles. The van der Waals surface area contributed by atoms with Crippen LogP contribution in [0.3, 0.4) is 0 Å². The number of aryl methyl sites for hydroxylation is 1. The quantitative estimate of drug-likeness (QED) is 0.543. The molecule has 140 valence electrons. The summed E-state index contributed by atoms with van der Waals surface area (Å²) in [6, 6.07) is 16.9. The van der Waals surface area contributed by atoms with Crippen LogP contribution in [0.15, 0.2) is 58.2 Å². The average Bonchev–Trinajstić information content (AvgIpc) is 3.12. The van der Waals surface area contributed by atoms with Crippen molar-refractivity contribution in [3.8, 4) is 5.69 Å². The fourth-order valence-corrected chi connectivity index (χ4v) is 4.35. The average molecular weight is 445 g/mol. The second-order valence-corrected chi connectivity index (χ2v) is 8.33. The van der Waals surface area contributed by atoms with E-state index >= 15 is 0 Å². The van der Waals surface area contributed by atoms with Gasteiger partial charge in [0.25, 0.3) is 0 Å². The molecule has 5 nitrogen and oxygen atoms in total. The van der Waals surface area contributed by atoms with E-state index in [9.17, 15) is 0 Å². The number of morpholine rings is 1. The first kappa shape index (κ1) is 18.5. The van der Waals surface area contributed by atoms with Crippen molar-refractivity contribution in [2.45, 2.75) is 17.8 Å². The Kier molecular flexibility index (Phi) is 5.80. The number of rotatable bonds is 5. The van der Waals surface area contributed by atoms with Crippen LogP contribution in [-0.2, 0) is 10.5 Å². The minimum absolute atomic E-state index is 0.723. The highest BCUT2D eigenvalue weighted by Crippen LogP contribution is 2.29. The number of halogens is 1. The SMILES string of the molecule is Cc1ccc(-n2c(SCc3cccc(Br)c3)nnc2N2CCOCC2)cc1. The zero-order valence-electron chi connectivity index (χ0n) is 15.1. The molecule has 4 rings (SSSR count). The number of ether oxygens (including phenoxy) is 1. The summed E-state index contributed by atoms with van der Waals surface area (Å²) in [5.41, 5.74) is 3.58. The van der Waals surface area contributed by atoms with Gasteiger partial charge in [0.15, 0.2) is 5.16 Å². The largest absolute Gasteiger partial charge is 0.378 e. The smallest absolute Gasteiger partial charge is 0.232 e. The molecule has 3 aromatic rings. The second kappa shape index (κ2) is 8.46. The van der Waals surface area contributed by atoms with Crippen LogP contribution >= 0.6 is 27.7 Å². The predicted octanol–water partition coefficient (Wildman–Crippen LogP) is 4.47. The molecule has 0 radical (unpaired) electrons. The summed E-state index contributed by atoms with van der Waals surface area (Å²) in [6.07, 6.45) is 0. The molecule has 0 atom stereocenters. The van der Waals surface area contributed by atoms with E-state index in [1.807, 2.05) is 6.07 Å².